The van der Waals surface area contributed by atoms with Crippen LogP contribution in [0.15, 0.2) is 0 Å². The molecule has 3 nitrogen and oxygen atoms in total. The quantitative estimate of drug-likeness (QED) is 0.645. The predicted molar refractivity (Wildman–Crippen MR) is 77.8 cm³/mol. The molecule has 1 aliphatic rings. The standard InChI is InChI=1S/C15H32N2O/c1-3-4-5-6-7-8-15(13-16)17(2)14-9-11-18-12-10-14/h14-15H,3-13,16H2,1-2H3. The first-order valence-corrected chi connectivity index (χ1v) is 7.79. The van der Waals surface area contributed by atoms with Gasteiger partial charge in [0.2, 0.25) is 0 Å². The molecule has 0 radical (unpaired) electrons. The van der Waals surface area contributed by atoms with Crippen LogP contribution in [0.4, 0.5) is 0 Å². The van der Waals surface area contributed by atoms with Crippen molar-refractivity contribution in [2.45, 2.75) is 70.4 Å². The van der Waals surface area contributed by atoms with Gasteiger partial charge in [0.05, 0.1) is 0 Å². The summed E-state index contributed by atoms with van der Waals surface area (Å²) in [5.74, 6) is 0. The van der Waals surface area contributed by atoms with Crippen LogP contribution in [0, 0.1) is 0 Å². The highest BCUT2D eigenvalue weighted by Crippen LogP contribution is 2.18. The second-order valence-electron chi connectivity index (χ2n) is 5.60. The molecular formula is C15H32N2O. The van der Waals surface area contributed by atoms with Gasteiger partial charge in [0, 0.05) is 31.8 Å². The van der Waals surface area contributed by atoms with E-state index in [1.54, 1.807) is 0 Å². The van der Waals surface area contributed by atoms with Gasteiger partial charge in [0.15, 0.2) is 0 Å². The Bertz CT molecular complexity index is 193. The van der Waals surface area contributed by atoms with E-state index in [-0.39, 0.29) is 0 Å². The Hall–Kier alpha value is -0.120. The maximum Gasteiger partial charge on any atom is 0.0480 e. The molecule has 1 unspecified atom stereocenters. The number of hydrogen-bond acceptors (Lipinski definition) is 3. The van der Waals surface area contributed by atoms with Crippen molar-refractivity contribution >= 4 is 0 Å². The SMILES string of the molecule is CCCCCCCC(CN)N(C)C1CCOCC1. The summed E-state index contributed by atoms with van der Waals surface area (Å²) in [6.45, 7) is 4.90. The maximum atomic E-state index is 5.95. The molecule has 0 aromatic rings. The summed E-state index contributed by atoms with van der Waals surface area (Å²) >= 11 is 0. The second-order valence-corrected chi connectivity index (χ2v) is 5.60. The topological polar surface area (TPSA) is 38.5 Å². The van der Waals surface area contributed by atoms with Crippen LogP contribution >= 0.6 is 0 Å². The van der Waals surface area contributed by atoms with Crippen LogP contribution in [0.3, 0.4) is 0 Å². The summed E-state index contributed by atoms with van der Waals surface area (Å²) in [6.07, 6.45) is 10.4. The van der Waals surface area contributed by atoms with E-state index in [2.05, 4.69) is 18.9 Å². The molecule has 1 atom stereocenters. The minimum atomic E-state index is 0.565. The first-order valence-electron chi connectivity index (χ1n) is 7.79. The van der Waals surface area contributed by atoms with Crippen LogP contribution in [0.25, 0.3) is 0 Å². The van der Waals surface area contributed by atoms with Crippen molar-refractivity contribution in [3.05, 3.63) is 0 Å². The summed E-state index contributed by atoms with van der Waals surface area (Å²) in [6, 6.07) is 1.25. The zero-order chi connectivity index (χ0) is 13.2. The average Bonchev–Trinajstić information content (AvgIpc) is 2.43. The zero-order valence-electron chi connectivity index (χ0n) is 12.4. The summed E-state index contributed by atoms with van der Waals surface area (Å²) in [5, 5.41) is 0. The van der Waals surface area contributed by atoms with Gasteiger partial charge in [-0.15, -0.1) is 0 Å². The van der Waals surface area contributed by atoms with E-state index >= 15 is 0 Å². The smallest absolute Gasteiger partial charge is 0.0480 e. The molecule has 1 aliphatic heterocycles. The monoisotopic (exact) mass is 256 g/mol. The largest absolute Gasteiger partial charge is 0.381 e. The minimum absolute atomic E-state index is 0.565. The van der Waals surface area contributed by atoms with Gasteiger partial charge in [0.25, 0.3) is 0 Å². The van der Waals surface area contributed by atoms with E-state index in [1.165, 1.54) is 51.4 Å². The molecule has 1 rings (SSSR count). The lowest BCUT2D eigenvalue weighted by Gasteiger charge is -2.36. The molecule has 1 heterocycles. The molecule has 3 heteroatoms. The maximum absolute atomic E-state index is 5.95. The number of likely N-dealkylation sites (N-methyl/N-ethyl adjacent to an activating group) is 1. The van der Waals surface area contributed by atoms with E-state index in [0.717, 1.165) is 19.8 Å². The lowest BCUT2D eigenvalue weighted by Crippen LogP contribution is -2.46. The summed E-state index contributed by atoms with van der Waals surface area (Å²) in [4.78, 5) is 2.52. The van der Waals surface area contributed by atoms with E-state index in [1.807, 2.05) is 0 Å². The van der Waals surface area contributed by atoms with Crippen LogP contribution in [-0.2, 0) is 4.74 Å². The molecule has 0 saturated carbocycles. The third kappa shape index (κ3) is 5.68. The molecule has 18 heavy (non-hydrogen) atoms. The average molecular weight is 256 g/mol. The van der Waals surface area contributed by atoms with Crippen LogP contribution in [0.5, 0.6) is 0 Å². The first-order chi connectivity index (χ1) is 8.79. The van der Waals surface area contributed by atoms with Crippen molar-refractivity contribution in [2.75, 3.05) is 26.8 Å². The van der Waals surface area contributed by atoms with Gasteiger partial charge in [-0.1, -0.05) is 39.0 Å². The number of nitrogens with zero attached hydrogens (tertiary/aromatic N) is 1. The summed E-state index contributed by atoms with van der Waals surface area (Å²) < 4.78 is 5.43. The molecule has 0 spiro atoms. The molecule has 2 N–H and O–H groups in total. The Morgan fingerprint density at radius 1 is 1.17 bits per heavy atom. The lowest BCUT2D eigenvalue weighted by atomic mass is 10.0. The Morgan fingerprint density at radius 2 is 1.83 bits per heavy atom. The normalized spacial score (nSPS) is 19.3. The zero-order valence-corrected chi connectivity index (χ0v) is 12.4. The second kappa shape index (κ2) is 9.76. The van der Waals surface area contributed by atoms with Crippen molar-refractivity contribution in [2.24, 2.45) is 5.73 Å². The van der Waals surface area contributed by atoms with Crippen molar-refractivity contribution < 1.29 is 4.74 Å². The van der Waals surface area contributed by atoms with Crippen LogP contribution in [-0.4, -0.2) is 43.8 Å². The molecule has 0 amide bonds. The van der Waals surface area contributed by atoms with Gasteiger partial charge < -0.3 is 10.5 Å². The third-order valence-corrected chi connectivity index (χ3v) is 4.26. The Morgan fingerprint density at radius 3 is 2.44 bits per heavy atom. The molecule has 1 saturated heterocycles. The third-order valence-electron chi connectivity index (χ3n) is 4.26. The van der Waals surface area contributed by atoms with E-state index in [0.29, 0.717) is 12.1 Å². The Kier molecular flexibility index (Phi) is 8.64. The summed E-state index contributed by atoms with van der Waals surface area (Å²) in [5.41, 5.74) is 5.95. The lowest BCUT2D eigenvalue weighted by molar-refractivity contribution is 0.0280. The van der Waals surface area contributed by atoms with Crippen molar-refractivity contribution in [3.8, 4) is 0 Å². The van der Waals surface area contributed by atoms with Gasteiger partial charge in [-0.3, -0.25) is 4.90 Å². The van der Waals surface area contributed by atoms with Gasteiger partial charge >= 0.3 is 0 Å². The number of ether oxygens (including phenoxy) is 1. The molecule has 0 aromatic heterocycles. The highest BCUT2D eigenvalue weighted by Gasteiger charge is 2.23. The molecule has 1 fully saturated rings. The van der Waals surface area contributed by atoms with Gasteiger partial charge in [-0.05, 0) is 26.3 Å². The van der Waals surface area contributed by atoms with Gasteiger partial charge in [-0.25, -0.2) is 0 Å². The van der Waals surface area contributed by atoms with Crippen molar-refractivity contribution in [1.82, 2.24) is 4.90 Å². The molecule has 0 aliphatic carbocycles. The van der Waals surface area contributed by atoms with Crippen LogP contribution < -0.4 is 5.73 Å². The minimum Gasteiger partial charge on any atom is -0.381 e. The first kappa shape index (κ1) is 15.9. The van der Waals surface area contributed by atoms with Crippen LogP contribution in [0.2, 0.25) is 0 Å². The summed E-state index contributed by atoms with van der Waals surface area (Å²) in [7, 11) is 2.25. The van der Waals surface area contributed by atoms with Crippen LogP contribution in [0.1, 0.15) is 58.3 Å². The highest BCUT2D eigenvalue weighted by molar-refractivity contribution is 4.79. The number of rotatable bonds is 9. The molecule has 0 aromatic carbocycles. The number of unbranched alkanes of at least 4 members (excludes halogenated alkanes) is 4. The van der Waals surface area contributed by atoms with Gasteiger partial charge in [0.1, 0.15) is 0 Å². The molecule has 0 bridgehead atoms. The van der Waals surface area contributed by atoms with Crippen molar-refractivity contribution in [3.63, 3.8) is 0 Å². The van der Waals surface area contributed by atoms with E-state index in [4.69, 9.17) is 10.5 Å². The number of nitrogens with two attached hydrogens (primary N) is 1. The molecule has 108 valence electrons. The van der Waals surface area contributed by atoms with Crippen molar-refractivity contribution in [1.29, 1.82) is 0 Å². The molecular weight excluding hydrogens is 224 g/mol. The number of hydrogen-bond donors (Lipinski definition) is 1. The fourth-order valence-corrected chi connectivity index (χ4v) is 2.86. The predicted octanol–water partition coefficient (Wildman–Crippen LogP) is 2.79. The highest BCUT2D eigenvalue weighted by atomic mass is 16.5. The van der Waals surface area contributed by atoms with E-state index in [9.17, 15) is 0 Å². The fourth-order valence-electron chi connectivity index (χ4n) is 2.86. The fraction of sp³-hybridized carbons (Fsp3) is 1.00. The Balaban J connectivity index is 2.21. The Labute approximate surface area is 113 Å². The van der Waals surface area contributed by atoms with E-state index < -0.39 is 0 Å². The van der Waals surface area contributed by atoms with Gasteiger partial charge in [-0.2, -0.15) is 0 Å².